The van der Waals surface area contributed by atoms with E-state index in [0.717, 1.165) is 25.1 Å². The summed E-state index contributed by atoms with van der Waals surface area (Å²) in [5.41, 5.74) is 3.77. The van der Waals surface area contributed by atoms with Crippen LogP contribution >= 0.6 is 0 Å². The van der Waals surface area contributed by atoms with Gasteiger partial charge in [0.25, 0.3) is 0 Å². The van der Waals surface area contributed by atoms with E-state index >= 15 is 0 Å². The molecule has 2 rings (SSSR count). The number of pyridine rings is 1. The van der Waals surface area contributed by atoms with Gasteiger partial charge in [0.15, 0.2) is 0 Å². The number of ether oxygens (including phenoxy) is 1. The van der Waals surface area contributed by atoms with Crippen molar-refractivity contribution in [3.63, 3.8) is 0 Å². The normalized spacial score (nSPS) is 12.1. The van der Waals surface area contributed by atoms with E-state index in [1.54, 1.807) is 7.11 Å². The summed E-state index contributed by atoms with van der Waals surface area (Å²) < 4.78 is 5.53. The van der Waals surface area contributed by atoms with Crippen molar-refractivity contribution in [2.24, 2.45) is 0 Å². The highest BCUT2D eigenvalue weighted by atomic mass is 16.5. The van der Waals surface area contributed by atoms with Gasteiger partial charge in [0, 0.05) is 24.0 Å². The fourth-order valence-corrected chi connectivity index (χ4v) is 2.60. The van der Waals surface area contributed by atoms with Crippen LogP contribution in [0.4, 0.5) is 0 Å². The van der Waals surface area contributed by atoms with Gasteiger partial charge >= 0.3 is 0 Å². The van der Waals surface area contributed by atoms with Crippen LogP contribution in [0, 0.1) is 6.92 Å². The third kappa shape index (κ3) is 4.30. The van der Waals surface area contributed by atoms with Crippen molar-refractivity contribution >= 4 is 0 Å². The van der Waals surface area contributed by atoms with E-state index in [4.69, 9.17) is 4.74 Å². The molecule has 0 spiro atoms. The Balaban J connectivity index is 2.16. The summed E-state index contributed by atoms with van der Waals surface area (Å²) in [7, 11) is 1.73. The lowest BCUT2D eigenvalue weighted by atomic mass is 9.97. The quantitative estimate of drug-likeness (QED) is 0.842. The average Bonchev–Trinajstić information content (AvgIpc) is 2.52. The first kappa shape index (κ1) is 15.5. The molecular formula is C18H24N2O. The molecule has 1 unspecified atom stereocenters. The zero-order chi connectivity index (χ0) is 15.1. The molecule has 0 radical (unpaired) electrons. The molecule has 1 aromatic heterocycles. The second-order valence-corrected chi connectivity index (χ2v) is 5.26. The molecule has 0 fully saturated rings. The van der Waals surface area contributed by atoms with Crippen molar-refractivity contribution in [2.75, 3.05) is 13.7 Å². The van der Waals surface area contributed by atoms with Crippen LogP contribution in [-0.4, -0.2) is 18.6 Å². The van der Waals surface area contributed by atoms with Crippen molar-refractivity contribution in [1.29, 1.82) is 0 Å². The highest BCUT2D eigenvalue weighted by Gasteiger charge is 2.15. The lowest BCUT2D eigenvalue weighted by Crippen LogP contribution is -2.22. The molecule has 0 aliphatic rings. The van der Waals surface area contributed by atoms with Gasteiger partial charge in [-0.15, -0.1) is 0 Å². The number of nitrogens with one attached hydrogen (secondary N) is 1. The van der Waals surface area contributed by atoms with E-state index in [-0.39, 0.29) is 0 Å². The topological polar surface area (TPSA) is 34.2 Å². The van der Waals surface area contributed by atoms with Gasteiger partial charge < -0.3 is 10.1 Å². The van der Waals surface area contributed by atoms with Gasteiger partial charge in [0.05, 0.1) is 7.11 Å². The monoisotopic (exact) mass is 284 g/mol. The van der Waals surface area contributed by atoms with Crippen LogP contribution in [0.25, 0.3) is 0 Å². The largest absolute Gasteiger partial charge is 0.496 e. The van der Waals surface area contributed by atoms with Crippen molar-refractivity contribution < 1.29 is 4.74 Å². The molecule has 1 heterocycles. The van der Waals surface area contributed by atoms with Gasteiger partial charge in [0.2, 0.25) is 0 Å². The summed E-state index contributed by atoms with van der Waals surface area (Å²) >= 11 is 0. The molecule has 2 aromatic rings. The van der Waals surface area contributed by atoms with Crippen LogP contribution in [0.1, 0.15) is 36.1 Å². The smallest absolute Gasteiger partial charge is 0.123 e. The first-order valence-corrected chi connectivity index (χ1v) is 7.51. The Kier molecular flexibility index (Phi) is 5.76. The molecule has 0 amide bonds. The fourth-order valence-electron chi connectivity index (χ4n) is 2.60. The number of methoxy groups -OCH3 is 1. The molecule has 21 heavy (non-hydrogen) atoms. The van der Waals surface area contributed by atoms with E-state index in [1.165, 1.54) is 16.7 Å². The number of aryl methyl sites for hydroxylation is 2. The molecule has 112 valence electrons. The molecule has 3 heteroatoms. The maximum atomic E-state index is 5.53. The second kappa shape index (κ2) is 7.79. The van der Waals surface area contributed by atoms with Gasteiger partial charge in [-0.3, -0.25) is 4.98 Å². The van der Waals surface area contributed by atoms with Crippen LogP contribution in [0.5, 0.6) is 5.75 Å². The van der Waals surface area contributed by atoms with Gasteiger partial charge in [-0.2, -0.15) is 0 Å². The Morgan fingerprint density at radius 1 is 1.29 bits per heavy atom. The first-order valence-electron chi connectivity index (χ1n) is 7.51. The Bertz CT molecular complexity index is 554. The highest BCUT2D eigenvalue weighted by Crippen LogP contribution is 2.29. The number of nitrogens with zero attached hydrogens (tertiary/aromatic N) is 1. The van der Waals surface area contributed by atoms with Crippen molar-refractivity contribution in [3.8, 4) is 5.75 Å². The summed E-state index contributed by atoms with van der Waals surface area (Å²) in [4.78, 5) is 4.18. The molecule has 1 aromatic carbocycles. The van der Waals surface area contributed by atoms with Gasteiger partial charge in [-0.05, 0) is 44.0 Å². The van der Waals surface area contributed by atoms with Crippen LogP contribution in [0.2, 0.25) is 0 Å². The highest BCUT2D eigenvalue weighted by molar-refractivity contribution is 5.39. The van der Waals surface area contributed by atoms with Gasteiger partial charge in [-0.1, -0.05) is 30.7 Å². The Hall–Kier alpha value is -1.87. The number of aromatic nitrogens is 1. The zero-order valence-electron chi connectivity index (χ0n) is 13.1. The minimum absolute atomic E-state index is 0.296. The minimum atomic E-state index is 0.296. The van der Waals surface area contributed by atoms with Crippen molar-refractivity contribution in [2.45, 2.75) is 32.7 Å². The summed E-state index contributed by atoms with van der Waals surface area (Å²) in [5.74, 6) is 0.956. The van der Waals surface area contributed by atoms with Crippen LogP contribution in [-0.2, 0) is 6.42 Å². The number of rotatable bonds is 7. The zero-order valence-corrected chi connectivity index (χ0v) is 13.1. The SMILES string of the molecule is CCNC(CCc1cccnc1)c1cc(C)ccc1OC. The van der Waals surface area contributed by atoms with Gasteiger partial charge in [-0.25, -0.2) is 0 Å². The van der Waals surface area contributed by atoms with E-state index < -0.39 is 0 Å². The second-order valence-electron chi connectivity index (χ2n) is 5.26. The number of hydrogen-bond acceptors (Lipinski definition) is 3. The fraction of sp³-hybridized carbons (Fsp3) is 0.389. The van der Waals surface area contributed by atoms with E-state index in [1.807, 2.05) is 18.5 Å². The predicted octanol–water partition coefficient (Wildman–Crippen LogP) is 3.68. The Morgan fingerprint density at radius 2 is 2.14 bits per heavy atom. The molecule has 3 nitrogen and oxygen atoms in total. The molecular weight excluding hydrogens is 260 g/mol. The van der Waals surface area contributed by atoms with E-state index in [0.29, 0.717) is 6.04 Å². The van der Waals surface area contributed by atoms with E-state index in [9.17, 15) is 0 Å². The summed E-state index contributed by atoms with van der Waals surface area (Å²) in [6.45, 7) is 5.20. The Morgan fingerprint density at radius 3 is 2.81 bits per heavy atom. The van der Waals surface area contributed by atoms with Crippen LogP contribution < -0.4 is 10.1 Å². The van der Waals surface area contributed by atoms with Crippen LogP contribution in [0.15, 0.2) is 42.7 Å². The van der Waals surface area contributed by atoms with E-state index in [2.05, 4.69) is 48.4 Å². The molecule has 0 saturated carbocycles. The predicted molar refractivity (Wildman–Crippen MR) is 86.7 cm³/mol. The molecule has 0 bridgehead atoms. The minimum Gasteiger partial charge on any atom is -0.496 e. The van der Waals surface area contributed by atoms with Gasteiger partial charge in [0.1, 0.15) is 5.75 Å². The molecule has 1 N–H and O–H groups in total. The van der Waals surface area contributed by atoms with Crippen LogP contribution in [0.3, 0.4) is 0 Å². The lowest BCUT2D eigenvalue weighted by Gasteiger charge is -2.21. The molecule has 1 atom stereocenters. The van der Waals surface area contributed by atoms with Crippen molar-refractivity contribution in [1.82, 2.24) is 10.3 Å². The standard InChI is InChI=1S/C18H24N2O/c1-4-20-17(9-8-15-6-5-11-19-13-15)16-12-14(2)7-10-18(16)21-3/h5-7,10-13,17,20H,4,8-9H2,1-3H3. The number of benzene rings is 1. The maximum Gasteiger partial charge on any atom is 0.123 e. The van der Waals surface area contributed by atoms with Crippen molar-refractivity contribution in [3.05, 3.63) is 59.4 Å². The third-order valence-corrected chi connectivity index (χ3v) is 3.66. The number of hydrogen-bond donors (Lipinski definition) is 1. The lowest BCUT2D eigenvalue weighted by molar-refractivity contribution is 0.396. The maximum absolute atomic E-state index is 5.53. The molecule has 0 aliphatic carbocycles. The summed E-state index contributed by atoms with van der Waals surface area (Å²) in [6.07, 6.45) is 5.79. The third-order valence-electron chi connectivity index (χ3n) is 3.66. The average molecular weight is 284 g/mol. The first-order chi connectivity index (χ1) is 10.2. The summed E-state index contributed by atoms with van der Waals surface area (Å²) in [5, 5.41) is 3.57. The molecule has 0 aliphatic heterocycles. The molecule has 0 saturated heterocycles. The summed E-state index contributed by atoms with van der Waals surface area (Å²) in [6, 6.07) is 10.8. The Labute approximate surface area is 127 Å².